The molecule has 0 atom stereocenters. The molecule has 148 valence electrons. The summed E-state index contributed by atoms with van der Waals surface area (Å²) in [4.78, 5) is 30.8. The minimum atomic E-state index is -2.54. The van der Waals surface area contributed by atoms with Crippen molar-refractivity contribution in [3.05, 3.63) is 79.7 Å². The summed E-state index contributed by atoms with van der Waals surface area (Å²) < 4.78 is 27.7. The molecule has 4 rings (SSSR count). The Balaban J connectivity index is 1.76. The molecule has 0 aliphatic heterocycles. The van der Waals surface area contributed by atoms with Gasteiger partial charge in [0.15, 0.2) is 16.5 Å². The molecule has 0 unspecified atom stereocenters. The van der Waals surface area contributed by atoms with Gasteiger partial charge in [-0.2, -0.15) is 5.10 Å². The van der Waals surface area contributed by atoms with Crippen LogP contribution in [0.4, 0.5) is 8.78 Å². The molecular weight excluding hydrogens is 426 g/mol. The topological polar surface area (TPSA) is 97.9 Å². The highest BCUT2D eigenvalue weighted by molar-refractivity contribution is 7.98. The van der Waals surface area contributed by atoms with Gasteiger partial charge in [0.25, 0.3) is 17.5 Å². The van der Waals surface area contributed by atoms with Crippen molar-refractivity contribution in [1.29, 1.82) is 0 Å². The molecule has 0 amide bonds. The molecule has 12 heteroatoms. The van der Waals surface area contributed by atoms with Gasteiger partial charge in [-0.25, -0.2) is 18.3 Å². The number of rotatable bonds is 5. The average Bonchev–Trinajstić information content (AvgIpc) is 3.08. The third-order valence-electron chi connectivity index (χ3n) is 3.97. The van der Waals surface area contributed by atoms with Crippen molar-refractivity contribution in [3.8, 4) is 5.82 Å². The highest BCUT2D eigenvalue weighted by atomic mass is 35.5. The van der Waals surface area contributed by atoms with Crippen LogP contribution in [0.15, 0.2) is 57.6 Å². The molecule has 29 heavy (non-hydrogen) atoms. The van der Waals surface area contributed by atoms with Gasteiger partial charge >= 0.3 is 0 Å². The summed E-state index contributed by atoms with van der Waals surface area (Å²) in [5, 5.41) is 8.63. The van der Waals surface area contributed by atoms with Crippen LogP contribution in [0.25, 0.3) is 11.3 Å². The highest BCUT2D eigenvalue weighted by Gasteiger charge is 2.18. The molecule has 0 saturated carbocycles. The van der Waals surface area contributed by atoms with Crippen LogP contribution in [0.2, 0.25) is 5.02 Å². The normalized spacial score (nSPS) is 11.4. The van der Waals surface area contributed by atoms with Crippen molar-refractivity contribution in [3.63, 3.8) is 0 Å². The molecule has 8 nitrogen and oxygen atoms in total. The van der Waals surface area contributed by atoms with Gasteiger partial charge in [0, 0.05) is 17.5 Å². The molecule has 4 aromatic rings. The monoisotopic (exact) mass is 436 g/mol. The van der Waals surface area contributed by atoms with E-state index in [1.165, 1.54) is 40.9 Å². The summed E-state index contributed by atoms with van der Waals surface area (Å²) in [5.41, 5.74) is -0.193. The van der Waals surface area contributed by atoms with Crippen molar-refractivity contribution in [2.75, 3.05) is 0 Å². The molecule has 0 bridgehead atoms. The SMILES string of the molecule is O=c1cnc(-n2c(SCc3ccc(C(F)F)cc3)nn3ncc(Cl)c3c2=O)c[nH]1. The molecular formula is C17H11ClF2N6O2S. The lowest BCUT2D eigenvalue weighted by Crippen LogP contribution is -2.26. The number of nitrogens with zero attached hydrogens (tertiary/aromatic N) is 5. The third kappa shape index (κ3) is 3.78. The molecule has 0 spiro atoms. The molecule has 0 aliphatic rings. The second-order valence-electron chi connectivity index (χ2n) is 5.85. The molecule has 3 heterocycles. The first-order valence-electron chi connectivity index (χ1n) is 8.15. The summed E-state index contributed by atoms with van der Waals surface area (Å²) in [7, 11) is 0. The van der Waals surface area contributed by atoms with Gasteiger partial charge in [0.2, 0.25) is 0 Å². The van der Waals surface area contributed by atoms with Crippen molar-refractivity contribution in [2.24, 2.45) is 0 Å². The molecule has 1 aromatic carbocycles. The quantitative estimate of drug-likeness (QED) is 0.483. The number of thioether (sulfide) groups is 1. The first-order valence-corrected chi connectivity index (χ1v) is 9.52. The van der Waals surface area contributed by atoms with E-state index in [0.717, 1.165) is 16.4 Å². The maximum atomic E-state index is 13.0. The molecule has 0 aliphatic carbocycles. The van der Waals surface area contributed by atoms with E-state index in [2.05, 4.69) is 20.2 Å². The van der Waals surface area contributed by atoms with Gasteiger partial charge in [-0.3, -0.25) is 9.59 Å². The third-order valence-corrected chi connectivity index (χ3v) is 5.25. The van der Waals surface area contributed by atoms with Gasteiger partial charge in [-0.05, 0) is 5.56 Å². The van der Waals surface area contributed by atoms with Gasteiger partial charge < -0.3 is 4.98 Å². The van der Waals surface area contributed by atoms with Crippen LogP contribution >= 0.6 is 23.4 Å². The summed E-state index contributed by atoms with van der Waals surface area (Å²) in [6.07, 6.45) is 1.09. The van der Waals surface area contributed by atoms with E-state index < -0.39 is 17.5 Å². The zero-order valence-electron chi connectivity index (χ0n) is 14.4. The van der Waals surface area contributed by atoms with Crippen molar-refractivity contribution in [1.82, 2.24) is 29.4 Å². The Kier molecular flexibility index (Phi) is 5.16. The number of aromatic nitrogens is 6. The van der Waals surface area contributed by atoms with E-state index in [1.54, 1.807) is 12.1 Å². The molecule has 0 saturated heterocycles. The molecule has 1 N–H and O–H groups in total. The van der Waals surface area contributed by atoms with E-state index in [4.69, 9.17) is 11.6 Å². The number of halogens is 3. The summed E-state index contributed by atoms with van der Waals surface area (Å²) in [5.74, 6) is 0.497. The van der Waals surface area contributed by atoms with Crippen LogP contribution in [0.1, 0.15) is 17.6 Å². The summed E-state index contributed by atoms with van der Waals surface area (Å²) in [6, 6.07) is 5.86. The Bertz CT molecular complexity index is 1280. The standard InChI is InChI=1S/C17H11ClF2N6O2S/c18-11-5-23-26-14(11)16(28)25(12-6-22-13(27)7-21-12)17(24-26)29-8-9-1-3-10(4-2-9)15(19)20/h1-7,15H,8H2,(H,22,27). The number of hydrogen-bond donors (Lipinski definition) is 1. The number of aromatic amines is 1. The first kappa shape index (κ1) is 19.3. The van der Waals surface area contributed by atoms with Crippen molar-refractivity contribution in [2.45, 2.75) is 17.3 Å². The lowest BCUT2D eigenvalue weighted by atomic mass is 10.2. The van der Waals surface area contributed by atoms with Crippen LogP contribution in [-0.4, -0.2) is 29.4 Å². The van der Waals surface area contributed by atoms with Crippen molar-refractivity contribution < 1.29 is 8.78 Å². The number of benzene rings is 1. The Labute approximate surface area is 170 Å². The second kappa shape index (κ2) is 7.76. The van der Waals surface area contributed by atoms with Gasteiger partial charge in [0.1, 0.15) is 0 Å². The predicted octanol–water partition coefficient (Wildman–Crippen LogP) is 2.85. The largest absolute Gasteiger partial charge is 0.324 e. The average molecular weight is 437 g/mol. The van der Waals surface area contributed by atoms with E-state index in [0.29, 0.717) is 5.75 Å². The zero-order valence-corrected chi connectivity index (χ0v) is 16.0. The van der Waals surface area contributed by atoms with Crippen LogP contribution in [0.5, 0.6) is 0 Å². The predicted molar refractivity (Wildman–Crippen MR) is 103 cm³/mol. The molecule has 0 fully saturated rings. The summed E-state index contributed by atoms with van der Waals surface area (Å²) >= 11 is 7.23. The molecule has 3 aromatic heterocycles. The highest BCUT2D eigenvalue weighted by Crippen LogP contribution is 2.25. The van der Waals surface area contributed by atoms with Crippen molar-refractivity contribution >= 4 is 28.9 Å². The second-order valence-corrected chi connectivity index (χ2v) is 7.20. The number of fused-ring (bicyclic) bond motifs is 1. The summed E-state index contributed by atoms with van der Waals surface area (Å²) in [6.45, 7) is 0. The minimum absolute atomic E-state index is 0.0605. The van der Waals surface area contributed by atoms with E-state index >= 15 is 0 Å². The number of hydrogen-bond acceptors (Lipinski definition) is 6. The fraction of sp³-hybridized carbons (Fsp3) is 0.118. The maximum absolute atomic E-state index is 13.0. The van der Waals surface area contributed by atoms with Crippen LogP contribution in [0, 0.1) is 0 Å². The van der Waals surface area contributed by atoms with E-state index in [1.807, 2.05) is 0 Å². The first-order chi connectivity index (χ1) is 13.9. The molecule has 0 radical (unpaired) electrons. The zero-order chi connectivity index (χ0) is 20.5. The minimum Gasteiger partial charge on any atom is -0.324 e. The Morgan fingerprint density at radius 1 is 1.17 bits per heavy atom. The fourth-order valence-corrected chi connectivity index (χ4v) is 3.69. The van der Waals surface area contributed by atoms with Crippen LogP contribution in [-0.2, 0) is 5.75 Å². The maximum Gasteiger partial charge on any atom is 0.287 e. The van der Waals surface area contributed by atoms with Gasteiger partial charge in [-0.15, -0.1) is 9.73 Å². The van der Waals surface area contributed by atoms with Crippen LogP contribution in [0.3, 0.4) is 0 Å². The van der Waals surface area contributed by atoms with Crippen LogP contribution < -0.4 is 11.1 Å². The Morgan fingerprint density at radius 2 is 1.93 bits per heavy atom. The fourth-order valence-electron chi connectivity index (χ4n) is 2.56. The lowest BCUT2D eigenvalue weighted by Gasteiger charge is -2.11. The number of nitrogens with one attached hydrogen (secondary N) is 1. The number of alkyl halides is 2. The Morgan fingerprint density at radius 3 is 2.59 bits per heavy atom. The number of H-pyrrole nitrogens is 1. The van der Waals surface area contributed by atoms with Gasteiger partial charge in [-0.1, -0.05) is 47.6 Å². The smallest absolute Gasteiger partial charge is 0.287 e. The Hall–Kier alpha value is -3.05. The van der Waals surface area contributed by atoms with E-state index in [-0.39, 0.29) is 27.1 Å². The van der Waals surface area contributed by atoms with Gasteiger partial charge in [0.05, 0.1) is 17.4 Å². The van der Waals surface area contributed by atoms with E-state index in [9.17, 15) is 18.4 Å². The lowest BCUT2D eigenvalue weighted by molar-refractivity contribution is 0.151.